The van der Waals surface area contributed by atoms with Crippen LogP contribution in [0.1, 0.15) is 16.5 Å². The fraction of sp³-hybridized carbons (Fsp3) is 0.400. The third-order valence-electron chi connectivity index (χ3n) is 4.63. The van der Waals surface area contributed by atoms with Crippen LogP contribution in [0.5, 0.6) is 5.75 Å². The minimum atomic E-state index is -0.636. The van der Waals surface area contributed by atoms with Crippen molar-refractivity contribution in [3.63, 3.8) is 0 Å². The second-order valence-electron chi connectivity index (χ2n) is 6.42. The second kappa shape index (κ2) is 10.2. The number of thiophene rings is 1. The fourth-order valence-corrected chi connectivity index (χ4v) is 3.92. The van der Waals surface area contributed by atoms with E-state index in [2.05, 4.69) is 21.6 Å². The first kappa shape index (κ1) is 20.3. The van der Waals surface area contributed by atoms with E-state index in [1.807, 2.05) is 35.7 Å². The molecule has 2 amide bonds. The van der Waals surface area contributed by atoms with Gasteiger partial charge in [-0.2, -0.15) is 0 Å². The molecule has 1 unspecified atom stereocenters. The van der Waals surface area contributed by atoms with Crippen molar-refractivity contribution >= 4 is 23.2 Å². The van der Waals surface area contributed by atoms with Crippen LogP contribution in [0.15, 0.2) is 41.8 Å². The number of nitrogens with one attached hydrogen (secondary N) is 2. The lowest BCUT2D eigenvalue weighted by Crippen LogP contribution is -2.46. The Morgan fingerprint density at radius 3 is 2.50 bits per heavy atom. The summed E-state index contributed by atoms with van der Waals surface area (Å²) < 4.78 is 10.5. The Balaban J connectivity index is 1.50. The number of morpholine rings is 1. The Morgan fingerprint density at radius 2 is 1.86 bits per heavy atom. The zero-order chi connectivity index (χ0) is 19.8. The Labute approximate surface area is 168 Å². The largest absolute Gasteiger partial charge is 0.497 e. The van der Waals surface area contributed by atoms with E-state index >= 15 is 0 Å². The van der Waals surface area contributed by atoms with Crippen molar-refractivity contribution in [2.24, 2.45) is 0 Å². The summed E-state index contributed by atoms with van der Waals surface area (Å²) in [6, 6.07) is 11.4. The van der Waals surface area contributed by atoms with Crippen molar-refractivity contribution in [3.8, 4) is 5.75 Å². The number of carbonyl (C=O) groups excluding carboxylic acids is 2. The summed E-state index contributed by atoms with van der Waals surface area (Å²) in [5.41, 5.74) is 0.895. The van der Waals surface area contributed by atoms with Gasteiger partial charge in [-0.3, -0.25) is 14.5 Å². The van der Waals surface area contributed by atoms with Crippen LogP contribution < -0.4 is 15.4 Å². The van der Waals surface area contributed by atoms with E-state index < -0.39 is 11.8 Å². The summed E-state index contributed by atoms with van der Waals surface area (Å²) in [6.07, 6.45) is 0. The molecule has 1 atom stereocenters. The molecule has 0 spiro atoms. The summed E-state index contributed by atoms with van der Waals surface area (Å²) >= 11 is 1.65. The van der Waals surface area contributed by atoms with Gasteiger partial charge in [0.05, 0.1) is 26.4 Å². The predicted octanol–water partition coefficient (Wildman–Crippen LogP) is 1.56. The number of ether oxygens (including phenoxy) is 2. The first-order valence-corrected chi connectivity index (χ1v) is 10.1. The highest BCUT2D eigenvalue weighted by atomic mass is 32.1. The third kappa shape index (κ3) is 5.54. The molecule has 7 nitrogen and oxygen atoms in total. The van der Waals surface area contributed by atoms with Crippen LogP contribution >= 0.6 is 11.3 Å². The molecule has 0 radical (unpaired) electrons. The molecule has 2 aromatic rings. The summed E-state index contributed by atoms with van der Waals surface area (Å²) in [7, 11) is 1.60. The molecular formula is C20H25N3O4S. The molecule has 2 N–H and O–H groups in total. The molecule has 28 heavy (non-hydrogen) atoms. The van der Waals surface area contributed by atoms with Gasteiger partial charge in [0.2, 0.25) is 0 Å². The summed E-state index contributed by atoms with van der Waals surface area (Å²) in [4.78, 5) is 27.8. The van der Waals surface area contributed by atoms with Gasteiger partial charge in [0.15, 0.2) is 0 Å². The first-order chi connectivity index (χ1) is 13.7. The van der Waals surface area contributed by atoms with E-state index in [4.69, 9.17) is 9.47 Å². The maximum atomic E-state index is 12.2. The molecule has 1 aliphatic heterocycles. The van der Waals surface area contributed by atoms with Crippen LogP contribution in [0.2, 0.25) is 0 Å². The average Bonchev–Trinajstić information content (AvgIpc) is 3.27. The number of hydrogen-bond donors (Lipinski definition) is 2. The predicted molar refractivity (Wildman–Crippen MR) is 107 cm³/mol. The van der Waals surface area contributed by atoms with Gasteiger partial charge in [-0.15, -0.1) is 11.3 Å². The average molecular weight is 404 g/mol. The lowest BCUT2D eigenvalue weighted by atomic mass is 10.2. The zero-order valence-corrected chi connectivity index (χ0v) is 16.7. The minimum Gasteiger partial charge on any atom is -0.497 e. The van der Waals surface area contributed by atoms with Crippen LogP contribution in [0.3, 0.4) is 0 Å². The van der Waals surface area contributed by atoms with Crippen LogP contribution in [-0.4, -0.2) is 56.7 Å². The molecule has 1 aromatic carbocycles. The van der Waals surface area contributed by atoms with Gasteiger partial charge in [-0.1, -0.05) is 18.2 Å². The number of methoxy groups -OCH3 is 1. The van der Waals surface area contributed by atoms with Gasteiger partial charge in [-0.25, -0.2) is 0 Å². The molecular weight excluding hydrogens is 378 g/mol. The Kier molecular flexibility index (Phi) is 7.41. The highest BCUT2D eigenvalue weighted by Crippen LogP contribution is 2.25. The van der Waals surface area contributed by atoms with Crippen molar-refractivity contribution in [3.05, 3.63) is 52.2 Å². The molecule has 3 rings (SSSR count). The highest BCUT2D eigenvalue weighted by Gasteiger charge is 2.25. The van der Waals surface area contributed by atoms with Crippen LogP contribution in [-0.2, 0) is 20.9 Å². The molecule has 0 bridgehead atoms. The first-order valence-electron chi connectivity index (χ1n) is 9.21. The smallest absolute Gasteiger partial charge is 0.309 e. The van der Waals surface area contributed by atoms with Gasteiger partial charge >= 0.3 is 11.8 Å². The second-order valence-corrected chi connectivity index (χ2v) is 7.40. The Bertz CT molecular complexity index is 758. The standard InChI is InChI=1S/C20H25N3O4S/c1-26-16-6-4-15(5-7-16)13-21-19(24)20(25)22-14-17(18-3-2-12-28-18)23-8-10-27-11-9-23/h2-7,12,17H,8-11,13-14H2,1H3,(H,21,24)(H,22,25). The molecule has 2 heterocycles. The summed E-state index contributed by atoms with van der Waals surface area (Å²) in [5.74, 6) is -0.512. The molecule has 150 valence electrons. The van der Waals surface area contributed by atoms with E-state index in [1.165, 1.54) is 4.88 Å². The quantitative estimate of drug-likeness (QED) is 0.686. The van der Waals surface area contributed by atoms with Gasteiger partial charge in [-0.05, 0) is 29.1 Å². The summed E-state index contributed by atoms with van der Waals surface area (Å²) in [5, 5.41) is 7.45. The number of amides is 2. The number of hydrogen-bond acceptors (Lipinski definition) is 6. The van der Waals surface area contributed by atoms with Crippen LogP contribution in [0.4, 0.5) is 0 Å². The SMILES string of the molecule is COc1ccc(CNC(=O)C(=O)NCC(c2cccs2)N2CCOCC2)cc1. The van der Waals surface area contributed by atoms with Crippen molar-refractivity contribution in [2.45, 2.75) is 12.6 Å². The fourth-order valence-electron chi connectivity index (χ4n) is 3.06. The lowest BCUT2D eigenvalue weighted by molar-refractivity contribution is -0.139. The Morgan fingerprint density at radius 1 is 1.14 bits per heavy atom. The Hall–Kier alpha value is -2.42. The molecule has 0 saturated carbocycles. The summed E-state index contributed by atoms with van der Waals surface area (Å²) in [6.45, 7) is 3.64. The maximum absolute atomic E-state index is 12.2. The van der Waals surface area contributed by atoms with Crippen molar-refractivity contribution in [2.75, 3.05) is 40.0 Å². The van der Waals surface area contributed by atoms with Gasteiger partial charge in [0.1, 0.15) is 5.75 Å². The lowest BCUT2D eigenvalue weighted by Gasteiger charge is -2.34. The monoisotopic (exact) mass is 403 g/mol. The molecule has 1 saturated heterocycles. The van der Waals surface area contributed by atoms with Crippen LogP contribution in [0, 0.1) is 0 Å². The van der Waals surface area contributed by atoms with E-state index in [9.17, 15) is 9.59 Å². The normalized spacial score (nSPS) is 15.6. The van der Waals surface area contributed by atoms with Crippen molar-refractivity contribution < 1.29 is 19.1 Å². The molecule has 1 fully saturated rings. The number of carbonyl (C=O) groups is 2. The van der Waals surface area contributed by atoms with Gasteiger partial charge in [0.25, 0.3) is 0 Å². The van der Waals surface area contributed by atoms with E-state index in [1.54, 1.807) is 18.4 Å². The number of nitrogens with zero attached hydrogens (tertiary/aromatic N) is 1. The molecule has 1 aliphatic rings. The molecule has 0 aliphatic carbocycles. The van der Waals surface area contributed by atoms with Crippen molar-refractivity contribution in [1.29, 1.82) is 0 Å². The zero-order valence-electron chi connectivity index (χ0n) is 15.8. The van der Waals surface area contributed by atoms with Gasteiger partial charge < -0.3 is 20.1 Å². The number of rotatable bonds is 7. The molecule has 1 aromatic heterocycles. The maximum Gasteiger partial charge on any atom is 0.309 e. The highest BCUT2D eigenvalue weighted by molar-refractivity contribution is 7.10. The topological polar surface area (TPSA) is 79.9 Å². The van der Waals surface area contributed by atoms with E-state index in [0.717, 1.165) is 24.4 Å². The third-order valence-corrected chi connectivity index (χ3v) is 5.61. The van der Waals surface area contributed by atoms with E-state index in [0.29, 0.717) is 19.8 Å². The van der Waals surface area contributed by atoms with Crippen LogP contribution in [0.25, 0.3) is 0 Å². The van der Waals surface area contributed by atoms with E-state index in [-0.39, 0.29) is 12.6 Å². The van der Waals surface area contributed by atoms with Crippen molar-refractivity contribution in [1.82, 2.24) is 15.5 Å². The number of benzene rings is 1. The molecule has 8 heteroatoms. The van der Waals surface area contributed by atoms with Gasteiger partial charge in [0, 0.05) is 31.1 Å². The minimum absolute atomic E-state index is 0.0437.